The van der Waals surface area contributed by atoms with Gasteiger partial charge in [-0.15, -0.1) is 0 Å². The first kappa shape index (κ1) is 38.1. The molecule has 2 heterocycles. The summed E-state index contributed by atoms with van der Waals surface area (Å²) < 4.78 is 19.3. The van der Waals surface area contributed by atoms with Gasteiger partial charge >= 0.3 is 0 Å². The second-order valence-corrected chi connectivity index (χ2v) is 20.5. The highest BCUT2D eigenvalue weighted by molar-refractivity contribution is 6.76. The van der Waals surface area contributed by atoms with Crippen LogP contribution < -0.4 is 19.3 Å². The van der Waals surface area contributed by atoms with E-state index in [0.29, 0.717) is 37.7 Å². The lowest BCUT2D eigenvalue weighted by Gasteiger charge is -2.26. The Morgan fingerprint density at radius 3 is 2.06 bits per heavy atom. The molecule has 0 spiro atoms. The Balaban J connectivity index is 1.43. The lowest BCUT2D eigenvalue weighted by molar-refractivity contribution is -0.116. The van der Waals surface area contributed by atoms with E-state index in [1.165, 1.54) is 0 Å². The quantitative estimate of drug-likeness (QED) is 0.0766. The van der Waals surface area contributed by atoms with E-state index >= 15 is 0 Å². The molecule has 6 rings (SSSR count). The van der Waals surface area contributed by atoms with Gasteiger partial charge in [0.05, 0.1) is 43.0 Å². The summed E-state index contributed by atoms with van der Waals surface area (Å²) in [7, 11) is 2.02. The van der Waals surface area contributed by atoms with Crippen LogP contribution in [0.15, 0.2) is 97.1 Å². The number of carbonyl (C=O) groups excluding carboxylic acids is 1. The van der Waals surface area contributed by atoms with Crippen LogP contribution in [0.2, 0.25) is 25.7 Å². The van der Waals surface area contributed by atoms with E-state index in [2.05, 4.69) is 78.5 Å². The third kappa shape index (κ3) is 8.76. The number of ether oxygens (including phenoxy) is 3. The molecule has 0 unspecified atom stereocenters. The Hall–Kier alpha value is -5.63. The summed E-state index contributed by atoms with van der Waals surface area (Å²) in [6.45, 7) is 13.1. The van der Waals surface area contributed by atoms with Gasteiger partial charge in [-0.25, -0.2) is 4.98 Å². The van der Waals surface area contributed by atoms with Crippen molar-refractivity contribution in [1.29, 1.82) is 5.26 Å². The number of hydrogen-bond donors (Lipinski definition) is 0. The molecule has 0 radical (unpaired) electrons. The Labute approximate surface area is 319 Å². The zero-order valence-electron chi connectivity index (χ0n) is 32.3. The molecule has 0 N–H and O–H groups in total. The molecule has 4 aromatic carbocycles. The summed E-state index contributed by atoms with van der Waals surface area (Å²) in [6.07, 6.45) is 0. The number of amides is 1. The number of aryl methyl sites for hydroxylation is 1. The van der Waals surface area contributed by atoms with Crippen LogP contribution in [0.1, 0.15) is 34.9 Å². The molecule has 2 aromatic heterocycles. The molecule has 0 atom stereocenters. The van der Waals surface area contributed by atoms with Crippen LogP contribution >= 0.6 is 0 Å². The molecule has 54 heavy (non-hydrogen) atoms. The molecule has 9 nitrogen and oxygen atoms in total. The van der Waals surface area contributed by atoms with Gasteiger partial charge < -0.3 is 28.6 Å². The summed E-state index contributed by atoms with van der Waals surface area (Å²) >= 11 is 0. The summed E-state index contributed by atoms with van der Waals surface area (Å²) in [5, 5.41) is 12.1. The Bertz CT molecular complexity index is 2240. The number of methoxy groups -OCH3 is 2. The highest BCUT2D eigenvalue weighted by Crippen LogP contribution is 2.33. The molecular formula is C44H49N5O4Si. The maximum Gasteiger partial charge on any atom is 0.224 e. The van der Waals surface area contributed by atoms with Crippen LogP contribution in [0.25, 0.3) is 21.8 Å². The predicted molar refractivity (Wildman–Crippen MR) is 220 cm³/mol. The number of aromatic nitrogens is 2. The van der Waals surface area contributed by atoms with Gasteiger partial charge in [-0.05, 0) is 77.5 Å². The lowest BCUT2D eigenvalue weighted by Crippen LogP contribution is -2.30. The van der Waals surface area contributed by atoms with Gasteiger partial charge in [0.15, 0.2) is 0 Å². The number of anilines is 2. The highest BCUT2D eigenvalue weighted by atomic mass is 28.3. The molecule has 278 valence electrons. The smallest absolute Gasteiger partial charge is 0.224 e. The van der Waals surface area contributed by atoms with E-state index in [1.807, 2.05) is 60.7 Å². The second kappa shape index (κ2) is 16.6. The van der Waals surface area contributed by atoms with Gasteiger partial charge in [0.25, 0.3) is 0 Å². The first-order chi connectivity index (χ1) is 26.0. The molecule has 0 fully saturated rings. The fraction of sp³-hybridized carbons (Fsp3) is 0.295. The van der Waals surface area contributed by atoms with Crippen LogP contribution in [-0.4, -0.2) is 44.4 Å². The van der Waals surface area contributed by atoms with Crippen molar-refractivity contribution in [2.24, 2.45) is 0 Å². The molecule has 0 aliphatic carbocycles. The average molecular weight is 740 g/mol. The van der Waals surface area contributed by atoms with Crippen LogP contribution in [-0.2, 0) is 35.9 Å². The van der Waals surface area contributed by atoms with Crippen LogP contribution in [0, 0.1) is 18.3 Å². The van der Waals surface area contributed by atoms with Crippen molar-refractivity contribution in [2.45, 2.75) is 65.9 Å². The standard InChI is InChI=1S/C44H49N5O4Si/c1-31-24-43-41(46-44(31)47(27-33-12-17-37(51-3)18-13-33)28-34-14-19-38(52-4)20-15-34)25-36(49(43)30-53-22-23-54(5,6)7)29-48(32(2)50)42-21-16-35-10-8-9-11-39(35)40(42)26-45/h8-21,24-25H,22-23,27-30H2,1-7H3. The van der Waals surface area contributed by atoms with E-state index in [-0.39, 0.29) is 12.5 Å². The Morgan fingerprint density at radius 2 is 1.48 bits per heavy atom. The normalized spacial score (nSPS) is 11.4. The summed E-state index contributed by atoms with van der Waals surface area (Å²) in [5.74, 6) is 2.32. The number of carbonyl (C=O) groups is 1. The minimum Gasteiger partial charge on any atom is -0.497 e. The minimum atomic E-state index is -1.32. The number of fused-ring (bicyclic) bond motifs is 2. The number of nitriles is 1. The van der Waals surface area contributed by atoms with Gasteiger partial charge in [-0.3, -0.25) is 4.79 Å². The minimum absolute atomic E-state index is 0.159. The van der Waals surface area contributed by atoms with E-state index in [1.54, 1.807) is 26.0 Å². The average Bonchev–Trinajstić information content (AvgIpc) is 3.49. The molecule has 0 bridgehead atoms. The first-order valence-electron chi connectivity index (χ1n) is 18.3. The summed E-state index contributed by atoms with van der Waals surface area (Å²) in [4.78, 5) is 22.7. The highest BCUT2D eigenvalue weighted by Gasteiger charge is 2.23. The number of rotatable bonds is 15. The van der Waals surface area contributed by atoms with Crippen molar-refractivity contribution >= 4 is 47.3 Å². The molecule has 1 amide bonds. The van der Waals surface area contributed by atoms with Gasteiger partial charge in [-0.1, -0.05) is 74.2 Å². The third-order valence-corrected chi connectivity index (χ3v) is 11.4. The van der Waals surface area contributed by atoms with E-state index in [9.17, 15) is 10.1 Å². The lowest BCUT2D eigenvalue weighted by atomic mass is 10.0. The van der Waals surface area contributed by atoms with Crippen LogP contribution in [0.5, 0.6) is 11.5 Å². The molecule has 0 aliphatic rings. The molecule has 6 aromatic rings. The van der Waals surface area contributed by atoms with Gasteiger partial charge in [0.1, 0.15) is 30.1 Å². The first-order valence-corrected chi connectivity index (χ1v) is 22.0. The van der Waals surface area contributed by atoms with Crippen molar-refractivity contribution < 1.29 is 19.0 Å². The van der Waals surface area contributed by atoms with Crippen LogP contribution in [0.3, 0.4) is 0 Å². The van der Waals surface area contributed by atoms with Gasteiger partial charge in [0.2, 0.25) is 5.91 Å². The van der Waals surface area contributed by atoms with Crippen molar-refractivity contribution in [3.63, 3.8) is 0 Å². The maximum absolute atomic E-state index is 13.4. The fourth-order valence-electron chi connectivity index (χ4n) is 6.69. The topological polar surface area (TPSA) is 92.9 Å². The van der Waals surface area contributed by atoms with Crippen molar-refractivity contribution in [3.8, 4) is 17.6 Å². The Morgan fingerprint density at radius 1 is 0.852 bits per heavy atom. The van der Waals surface area contributed by atoms with Gasteiger partial charge in [0, 0.05) is 45.8 Å². The van der Waals surface area contributed by atoms with Crippen molar-refractivity contribution in [3.05, 3.63) is 125 Å². The monoisotopic (exact) mass is 739 g/mol. The third-order valence-electron chi connectivity index (χ3n) is 9.73. The number of benzene rings is 4. The van der Waals surface area contributed by atoms with Gasteiger partial charge in [-0.2, -0.15) is 5.26 Å². The Kier molecular flexibility index (Phi) is 11.7. The largest absolute Gasteiger partial charge is 0.497 e. The predicted octanol–water partition coefficient (Wildman–Crippen LogP) is 9.46. The zero-order valence-corrected chi connectivity index (χ0v) is 33.3. The number of pyridine rings is 1. The zero-order chi connectivity index (χ0) is 38.4. The van der Waals surface area contributed by atoms with E-state index < -0.39 is 8.07 Å². The summed E-state index contributed by atoms with van der Waals surface area (Å²) in [5.41, 5.74) is 6.91. The second-order valence-electron chi connectivity index (χ2n) is 14.9. The molecule has 0 saturated heterocycles. The molecule has 0 saturated carbocycles. The SMILES string of the molecule is COc1ccc(CN(Cc2ccc(OC)cc2)c2nc3cc(CN(C(C)=O)c4ccc5ccccc5c4C#N)n(COCC[Si](C)(C)C)c3cc2C)cc1. The van der Waals surface area contributed by atoms with E-state index in [0.717, 1.165) is 67.6 Å². The van der Waals surface area contributed by atoms with Crippen LogP contribution in [0.4, 0.5) is 11.5 Å². The van der Waals surface area contributed by atoms with Crippen molar-refractivity contribution in [1.82, 2.24) is 9.55 Å². The number of hydrogen-bond acceptors (Lipinski definition) is 7. The van der Waals surface area contributed by atoms with Crippen molar-refractivity contribution in [2.75, 3.05) is 30.6 Å². The maximum atomic E-state index is 13.4. The van der Waals surface area contributed by atoms with E-state index in [4.69, 9.17) is 19.2 Å². The molecule has 10 heteroatoms. The molecule has 0 aliphatic heterocycles. The number of nitrogens with zero attached hydrogens (tertiary/aromatic N) is 5. The summed E-state index contributed by atoms with van der Waals surface area (Å²) in [6, 6.07) is 35.5. The molecular weight excluding hydrogens is 691 g/mol. The fourth-order valence-corrected chi connectivity index (χ4v) is 7.45.